The van der Waals surface area contributed by atoms with Gasteiger partial charge in [0.1, 0.15) is 0 Å². The van der Waals surface area contributed by atoms with Crippen LogP contribution in [0.5, 0.6) is 0 Å². The number of hydrogen-bond acceptors (Lipinski definition) is 3. The zero-order chi connectivity index (χ0) is 10.6. The Balaban J connectivity index is 4.46. The van der Waals surface area contributed by atoms with E-state index in [0.29, 0.717) is 0 Å². The lowest BCUT2D eigenvalue weighted by molar-refractivity contribution is -0.137. The van der Waals surface area contributed by atoms with Gasteiger partial charge in [0.15, 0.2) is 5.66 Å². The van der Waals surface area contributed by atoms with Gasteiger partial charge in [-0.25, -0.2) is 0 Å². The molecule has 0 fully saturated rings. The molecule has 4 N–H and O–H groups in total. The van der Waals surface area contributed by atoms with Crippen molar-refractivity contribution in [2.24, 2.45) is 0 Å². The quantitative estimate of drug-likeness (QED) is 0.468. The van der Waals surface area contributed by atoms with E-state index in [-0.39, 0.29) is 6.42 Å². The molecule has 0 aromatic heterocycles. The SMILES string of the molecule is CCC(O)CC(C(=O)O)P(=O)(O)O. The summed E-state index contributed by atoms with van der Waals surface area (Å²) >= 11 is 0. The van der Waals surface area contributed by atoms with Crippen molar-refractivity contribution < 1.29 is 29.4 Å². The maximum atomic E-state index is 10.6. The number of hydrogen-bond donors (Lipinski definition) is 4. The van der Waals surface area contributed by atoms with Crippen LogP contribution in [0.4, 0.5) is 0 Å². The zero-order valence-electron chi connectivity index (χ0n) is 7.12. The lowest BCUT2D eigenvalue weighted by Gasteiger charge is -2.16. The highest BCUT2D eigenvalue weighted by molar-refractivity contribution is 7.53. The first-order chi connectivity index (χ1) is 5.79. The molecule has 78 valence electrons. The molecule has 0 radical (unpaired) electrons. The van der Waals surface area contributed by atoms with Crippen molar-refractivity contribution in [3.8, 4) is 0 Å². The predicted octanol–water partition coefficient (Wildman–Crippen LogP) is -0.222. The van der Waals surface area contributed by atoms with Crippen LogP contribution in [-0.2, 0) is 9.36 Å². The number of aliphatic hydroxyl groups is 1. The highest BCUT2D eigenvalue weighted by Gasteiger charge is 2.36. The fraction of sp³-hybridized carbons (Fsp3) is 0.833. The third-order valence-corrected chi connectivity index (χ3v) is 2.90. The molecular weight excluding hydrogens is 199 g/mol. The van der Waals surface area contributed by atoms with E-state index < -0.39 is 31.7 Å². The molecular formula is C6H13O6P. The summed E-state index contributed by atoms with van der Waals surface area (Å²) in [6, 6.07) is 0. The molecule has 0 heterocycles. The standard InChI is InChI=1S/C6H13O6P/c1-2-4(7)3-5(6(8)9)13(10,11)12/h4-5,7H,2-3H2,1H3,(H,8,9)(H2,10,11,12). The number of carbonyl (C=O) groups is 1. The van der Waals surface area contributed by atoms with Crippen LogP contribution in [0.3, 0.4) is 0 Å². The van der Waals surface area contributed by atoms with Crippen LogP contribution in [-0.4, -0.2) is 37.7 Å². The van der Waals surface area contributed by atoms with Crippen molar-refractivity contribution in [3.63, 3.8) is 0 Å². The number of rotatable bonds is 5. The first-order valence-corrected chi connectivity index (χ1v) is 5.43. The van der Waals surface area contributed by atoms with Gasteiger partial charge in [0, 0.05) is 0 Å². The molecule has 0 amide bonds. The summed E-state index contributed by atoms with van der Waals surface area (Å²) in [7, 11) is -4.66. The van der Waals surface area contributed by atoms with Crippen LogP contribution in [0.15, 0.2) is 0 Å². The lowest BCUT2D eigenvalue weighted by atomic mass is 10.1. The lowest BCUT2D eigenvalue weighted by Crippen LogP contribution is -2.25. The summed E-state index contributed by atoms with van der Waals surface area (Å²) < 4.78 is 10.6. The maximum absolute atomic E-state index is 10.6. The third kappa shape index (κ3) is 4.38. The van der Waals surface area contributed by atoms with E-state index >= 15 is 0 Å². The van der Waals surface area contributed by atoms with Gasteiger partial charge < -0.3 is 20.0 Å². The Kier molecular flexibility index (Phi) is 4.56. The van der Waals surface area contributed by atoms with Crippen LogP contribution >= 0.6 is 7.60 Å². The van der Waals surface area contributed by atoms with E-state index in [4.69, 9.17) is 20.0 Å². The van der Waals surface area contributed by atoms with Crippen LogP contribution in [0.2, 0.25) is 0 Å². The fourth-order valence-electron chi connectivity index (χ4n) is 0.806. The van der Waals surface area contributed by atoms with Gasteiger partial charge in [-0.2, -0.15) is 0 Å². The molecule has 0 aliphatic heterocycles. The number of aliphatic carboxylic acids is 1. The molecule has 0 saturated carbocycles. The van der Waals surface area contributed by atoms with Crippen molar-refractivity contribution in [1.82, 2.24) is 0 Å². The van der Waals surface area contributed by atoms with Crippen molar-refractivity contribution >= 4 is 13.6 Å². The number of aliphatic hydroxyl groups excluding tert-OH is 1. The second-order valence-electron chi connectivity index (χ2n) is 2.74. The summed E-state index contributed by atoms with van der Waals surface area (Å²) in [5.41, 5.74) is -1.80. The number of carboxylic acids is 1. The monoisotopic (exact) mass is 212 g/mol. The van der Waals surface area contributed by atoms with Gasteiger partial charge in [0.25, 0.3) is 0 Å². The van der Waals surface area contributed by atoms with Gasteiger partial charge in [-0.15, -0.1) is 0 Å². The molecule has 0 aliphatic rings. The molecule has 0 rings (SSSR count). The highest BCUT2D eigenvalue weighted by Crippen LogP contribution is 2.43. The summed E-state index contributed by atoms with van der Waals surface area (Å²) in [6.07, 6.45) is -1.14. The van der Waals surface area contributed by atoms with E-state index in [9.17, 15) is 9.36 Å². The Morgan fingerprint density at radius 2 is 1.92 bits per heavy atom. The second-order valence-corrected chi connectivity index (χ2v) is 4.54. The third-order valence-electron chi connectivity index (χ3n) is 1.66. The van der Waals surface area contributed by atoms with E-state index in [1.165, 1.54) is 0 Å². The minimum absolute atomic E-state index is 0.268. The van der Waals surface area contributed by atoms with Crippen LogP contribution in [0.25, 0.3) is 0 Å². The summed E-state index contributed by atoms with van der Waals surface area (Å²) in [6.45, 7) is 1.60. The van der Waals surface area contributed by atoms with Gasteiger partial charge >= 0.3 is 13.6 Å². The predicted molar refractivity (Wildman–Crippen MR) is 44.4 cm³/mol. The Labute approximate surface area is 75.4 Å². The summed E-state index contributed by atoms with van der Waals surface area (Å²) in [5, 5.41) is 17.5. The minimum Gasteiger partial charge on any atom is -0.481 e. The van der Waals surface area contributed by atoms with Crippen molar-refractivity contribution in [1.29, 1.82) is 0 Å². The fourth-order valence-corrected chi connectivity index (χ4v) is 1.61. The van der Waals surface area contributed by atoms with E-state index in [1.54, 1.807) is 6.92 Å². The molecule has 0 aromatic rings. The smallest absolute Gasteiger partial charge is 0.339 e. The Bertz CT molecular complexity index is 221. The molecule has 2 unspecified atom stereocenters. The van der Waals surface area contributed by atoms with Gasteiger partial charge in [0.2, 0.25) is 0 Å². The summed E-state index contributed by atoms with van der Waals surface area (Å²) in [4.78, 5) is 27.6. The molecule has 0 bridgehead atoms. The second kappa shape index (κ2) is 4.72. The molecule has 0 saturated heterocycles. The average molecular weight is 212 g/mol. The zero-order valence-corrected chi connectivity index (χ0v) is 8.02. The van der Waals surface area contributed by atoms with Crippen molar-refractivity contribution in [2.45, 2.75) is 31.5 Å². The maximum Gasteiger partial charge on any atom is 0.339 e. The van der Waals surface area contributed by atoms with Gasteiger partial charge in [-0.3, -0.25) is 9.36 Å². The number of carboxylic acid groups (broad SMARTS) is 1. The van der Waals surface area contributed by atoms with E-state index in [2.05, 4.69) is 0 Å². The molecule has 6 nitrogen and oxygen atoms in total. The van der Waals surface area contributed by atoms with Crippen LogP contribution in [0.1, 0.15) is 19.8 Å². The average Bonchev–Trinajstić information content (AvgIpc) is 1.96. The van der Waals surface area contributed by atoms with Crippen LogP contribution < -0.4 is 0 Å². The van der Waals surface area contributed by atoms with Gasteiger partial charge in [0.05, 0.1) is 6.10 Å². The molecule has 0 aromatic carbocycles. The first-order valence-electron chi connectivity index (χ1n) is 3.75. The largest absolute Gasteiger partial charge is 0.481 e. The Morgan fingerprint density at radius 1 is 1.46 bits per heavy atom. The molecule has 0 aliphatic carbocycles. The Morgan fingerprint density at radius 3 is 2.15 bits per heavy atom. The molecule has 0 spiro atoms. The topological polar surface area (TPSA) is 115 Å². The highest BCUT2D eigenvalue weighted by atomic mass is 31.2. The van der Waals surface area contributed by atoms with Gasteiger partial charge in [-0.05, 0) is 12.8 Å². The molecule has 13 heavy (non-hydrogen) atoms. The normalized spacial score (nSPS) is 16.6. The van der Waals surface area contributed by atoms with E-state index in [1.807, 2.05) is 0 Å². The van der Waals surface area contributed by atoms with Crippen molar-refractivity contribution in [3.05, 3.63) is 0 Å². The van der Waals surface area contributed by atoms with E-state index in [0.717, 1.165) is 0 Å². The van der Waals surface area contributed by atoms with Crippen LogP contribution in [0, 0.1) is 0 Å². The first kappa shape index (κ1) is 12.6. The molecule has 7 heteroatoms. The van der Waals surface area contributed by atoms with Crippen molar-refractivity contribution in [2.75, 3.05) is 0 Å². The Hall–Kier alpha value is -0.420. The minimum atomic E-state index is -4.66. The van der Waals surface area contributed by atoms with Gasteiger partial charge in [-0.1, -0.05) is 6.92 Å². The summed E-state index contributed by atoms with van der Waals surface area (Å²) in [5.74, 6) is -1.58. The molecule has 2 atom stereocenters.